The van der Waals surface area contributed by atoms with E-state index in [1.54, 1.807) is 12.1 Å². The number of ether oxygens (including phenoxy) is 1. The number of aromatic nitrogens is 1. The summed E-state index contributed by atoms with van der Waals surface area (Å²) in [7, 11) is -3.48. The van der Waals surface area contributed by atoms with Crippen molar-refractivity contribution in [2.24, 2.45) is 5.92 Å². The van der Waals surface area contributed by atoms with Crippen LogP contribution in [0.4, 0.5) is 17.3 Å². The van der Waals surface area contributed by atoms with Crippen LogP contribution < -0.4 is 10.6 Å². The number of sulfone groups is 1. The van der Waals surface area contributed by atoms with Gasteiger partial charge in [0.05, 0.1) is 22.4 Å². The van der Waals surface area contributed by atoms with Crippen molar-refractivity contribution < 1.29 is 27.9 Å². The number of carbonyl (C=O) groups excluding carboxylic acids is 2. The third-order valence-electron chi connectivity index (χ3n) is 5.93. The summed E-state index contributed by atoms with van der Waals surface area (Å²) in [6.45, 7) is 4.62. The van der Waals surface area contributed by atoms with Crippen LogP contribution in [0.1, 0.15) is 62.4 Å². The number of esters is 1. The summed E-state index contributed by atoms with van der Waals surface area (Å²) in [6.07, 6.45) is 3.84. The molecule has 0 unspecified atom stereocenters. The van der Waals surface area contributed by atoms with Crippen LogP contribution in [0, 0.1) is 17.2 Å². The summed E-state index contributed by atoms with van der Waals surface area (Å²) in [5.41, 5.74) is -0.337. The fraction of sp³-hybridized carbons (Fsp3) is 0.462. The Balaban J connectivity index is 1.93. The Morgan fingerprint density at radius 1 is 1.24 bits per heavy atom. The van der Waals surface area contributed by atoms with Gasteiger partial charge in [0.25, 0.3) is 0 Å². The lowest BCUT2D eigenvalue weighted by atomic mass is 9.99. The first-order valence-corrected chi connectivity index (χ1v) is 13.8. The van der Waals surface area contributed by atoms with E-state index < -0.39 is 27.8 Å². The molecule has 1 aromatic carbocycles. The van der Waals surface area contributed by atoms with Crippen LogP contribution in [0.25, 0.3) is 0 Å². The number of benzene rings is 1. The first-order chi connectivity index (χ1) is 17.3. The summed E-state index contributed by atoms with van der Waals surface area (Å²) >= 11 is 0. The van der Waals surface area contributed by atoms with Crippen LogP contribution in [0.15, 0.2) is 35.2 Å². The Morgan fingerprint density at radius 3 is 2.59 bits per heavy atom. The summed E-state index contributed by atoms with van der Waals surface area (Å²) in [5, 5.41) is 25.5. The zero-order chi connectivity index (χ0) is 27.4. The smallest absolute Gasteiger partial charge is 0.306 e. The fourth-order valence-electron chi connectivity index (χ4n) is 4.36. The van der Waals surface area contributed by atoms with Gasteiger partial charge in [-0.1, -0.05) is 12.5 Å². The van der Waals surface area contributed by atoms with Crippen LogP contribution in [0.2, 0.25) is 0 Å². The van der Waals surface area contributed by atoms with Gasteiger partial charge in [0.2, 0.25) is 0 Å². The van der Waals surface area contributed by atoms with E-state index in [4.69, 9.17) is 4.74 Å². The second-order valence-corrected chi connectivity index (χ2v) is 12.1. The Morgan fingerprint density at radius 2 is 1.97 bits per heavy atom. The van der Waals surface area contributed by atoms with Crippen molar-refractivity contribution >= 4 is 38.9 Å². The number of aliphatic hydroxyl groups is 1. The van der Waals surface area contributed by atoms with Gasteiger partial charge in [-0.15, -0.1) is 0 Å². The van der Waals surface area contributed by atoms with Crippen LogP contribution in [0.3, 0.4) is 0 Å². The zero-order valence-electron chi connectivity index (χ0n) is 21.4. The minimum Gasteiger partial charge on any atom is -0.460 e. The Labute approximate surface area is 217 Å². The summed E-state index contributed by atoms with van der Waals surface area (Å²) in [6, 6.07) is 9.29. The number of ketones is 1. The molecule has 0 radical (unpaired) electrons. The molecule has 1 heterocycles. The highest BCUT2D eigenvalue weighted by Gasteiger charge is 2.31. The van der Waals surface area contributed by atoms with Gasteiger partial charge in [0, 0.05) is 18.0 Å². The highest BCUT2D eigenvalue weighted by molar-refractivity contribution is 7.90. The molecule has 1 saturated carbocycles. The molecule has 1 aromatic heterocycles. The molecule has 0 bridgehead atoms. The van der Waals surface area contributed by atoms with E-state index in [1.165, 1.54) is 18.2 Å². The number of hydrogen-bond donors (Lipinski definition) is 3. The molecule has 10 nitrogen and oxygen atoms in total. The minimum absolute atomic E-state index is 0.00000637. The van der Waals surface area contributed by atoms with E-state index in [0.717, 1.165) is 25.5 Å². The highest BCUT2D eigenvalue weighted by Crippen LogP contribution is 2.33. The zero-order valence-corrected chi connectivity index (χ0v) is 22.2. The van der Waals surface area contributed by atoms with Gasteiger partial charge >= 0.3 is 5.97 Å². The van der Waals surface area contributed by atoms with Crippen LogP contribution in [-0.2, 0) is 19.4 Å². The largest absolute Gasteiger partial charge is 0.460 e. The second-order valence-electron chi connectivity index (χ2n) is 10.1. The Kier molecular flexibility index (Phi) is 8.56. The van der Waals surface area contributed by atoms with E-state index in [2.05, 4.69) is 15.6 Å². The number of Topliss-reactive ketones (excluding diaryl/α,β-unsaturated/α-hetero) is 1. The summed E-state index contributed by atoms with van der Waals surface area (Å²) in [4.78, 5) is 29.5. The molecule has 1 aliphatic rings. The molecular formula is C26H32N4O6S. The number of nitriles is 1. The number of rotatable bonds is 9. The average Bonchev–Trinajstić information content (AvgIpc) is 3.22. The predicted octanol–water partition coefficient (Wildman–Crippen LogP) is 3.59. The SMILES string of the molecule is CC(C)(C)OC(=O)C[C@H]1CCC[C@H]1Nc1cc(C#N)c(C(=O)CO)c(Nc2cccc(S(C)(=O)=O)c2)n1. The van der Waals surface area contributed by atoms with Crippen molar-refractivity contribution in [1.82, 2.24) is 4.98 Å². The van der Waals surface area contributed by atoms with Crippen molar-refractivity contribution in [2.45, 2.75) is 63.0 Å². The Bertz CT molecular complexity index is 1330. The Hall–Kier alpha value is -3.49. The number of nitrogens with one attached hydrogen (secondary N) is 2. The van der Waals surface area contributed by atoms with Crippen LogP contribution in [-0.4, -0.2) is 54.8 Å². The number of carbonyl (C=O) groups is 2. The third kappa shape index (κ3) is 7.50. The van der Waals surface area contributed by atoms with Gasteiger partial charge in [-0.05, 0) is 63.8 Å². The topological polar surface area (TPSA) is 158 Å². The molecule has 11 heteroatoms. The highest BCUT2D eigenvalue weighted by atomic mass is 32.2. The molecule has 1 aliphatic carbocycles. The molecule has 0 aliphatic heterocycles. The maximum absolute atomic E-state index is 12.5. The summed E-state index contributed by atoms with van der Waals surface area (Å²) in [5.74, 6) is -0.666. The van der Waals surface area contributed by atoms with Gasteiger partial charge in [0.1, 0.15) is 29.9 Å². The van der Waals surface area contributed by atoms with Gasteiger partial charge in [-0.2, -0.15) is 5.26 Å². The monoisotopic (exact) mass is 528 g/mol. The molecule has 2 aromatic rings. The van der Waals surface area contributed by atoms with E-state index in [1.807, 2.05) is 26.8 Å². The van der Waals surface area contributed by atoms with Crippen LogP contribution >= 0.6 is 0 Å². The van der Waals surface area contributed by atoms with Crippen molar-refractivity contribution in [3.63, 3.8) is 0 Å². The van der Waals surface area contributed by atoms with Gasteiger partial charge < -0.3 is 20.5 Å². The number of anilines is 3. The molecular weight excluding hydrogens is 496 g/mol. The maximum atomic E-state index is 12.5. The van der Waals surface area contributed by atoms with Crippen molar-refractivity contribution in [1.29, 1.82) is 5.26 Å². The van der Waals surface area contributed by atoms with Crippen LogP contribution in [0.5, 0.6) is 0 Å². The molecule has 3 rings (SSSR count). The number of aliphatic hydroxyl groups excluding tert-OH is 1. The van der Waals surface area contributed by atoms with E-state index in [9.17, 15) is 28.4 Å². The fourth-order valence-corrected chi connectivity index (χ4v) is 5.03. The first-order valence-electron chi connectivity index (χ1n) is 12.0. The number of hydrogen-bond acceptors (Lipinski definition) is 10. The predicted molar refractivity (Wildman–Crippen MR) is 138 cm³/mol. The molecule has 3 N–H and O–H groups in total. The quantitative estimate of drug-likeness (QED) is 0.324. The molecule has 37 heavy (non-hydrogen) atoms. The lowest BCUT2D eigenvalue weighted by Gasteiger charge is -2.24. The third-order valence-corrected chi connectivity index (χ3v) is 7.04. The number of pyridine rings is 1. The lowest BCUT2D eigenvalue weighted by molar-refractivity contribution is -0.156. The van der Waals surface area contributed by atoms with Gasteiger partial charge in [0.15, 0.2) is 15.6 Å². The van der Waals surface area contributed by atoms with Gasteiger partial charge in [-0.25, -0.2) is 13.4 Å². The lowest BCUT2D eigenvalue weighted by Crippen LogP contribution is -2.30. The number of nitrogens with zero attached hydrogens (tertiary/aromatic N) is 2. The maximum Gasteiger partial charge on any atom is 0.306 e. The molecule has 0 saturated heterocycles. The second kappa shape index (κ2) is 11.3. The molecule has 0 spiro atoms. The average molecular weight is 529 g/mol. The molecule has 2 atom stereocenters. The first kappa shape index (κ1) is 28.1. The molecule has 198 valence electrons. The van der Waals surface area contributed by atoms with Gasteiger partial charge in [-0.3, -0.25) is 9.59 Å². The molecule has 1 fully saturated rings. The van der Waals surface area contributed by atoms with E-state index in [-0.39, 0.29) is 46.2 Å². The van der Waals surface area contributed by atoms with Crippen molar-refractivity contribution in [3.05, 3.63) is 41.5 Å². The normalized spacial score (nSPS) is 17.6. The summed E-state index contributed by atoms with van der Waals surface area (Å²) < 4.78 is 29.4. The van der Waals surface area contributed by atoms with E-state index >= 15 is 0 Å². The standard InChI is InChI=1S/C26H32N4O6S/c1-26(2,3)36-23(33)12-16-7-5-10-20(16)29-22-11-17(14-27)24(21(32)15-31)25(30-22)28-18-8-6-9-19(13-18)37(4,34)35/h6,8-9,11,13,16,20,31H,5,7,10,12,15H2,1-4H3,(H2,28,29,30)/t16-,20-/m1/s1. The molecule has 0 amide bonds. The van der Waals surface area contributed by atoms with Crippen molar-refractivity contribution in [3.8, 4) is 6.07 Å². The van der Waals surface area contributed by atoms with E-state index in [0.29, 0.717) is 11.5 Å². The minimum atomic E-state index is -3.48. The van der Waals surface area contributed by atoms with Crippen molar-refractivity contribution in [2.75, 3.05) is 23.5 Å².